The smallest absolute Gasteiger partial charge is 0.359 e. The van der Waals surface area contributed by atoms with E-state index in [0.717, 1.165) is 34.1 Å². The van der Waals surface area contributed by atoms with Crippen molar-refractivity contribution in [2.75, 3.05) is 9.80 Å². The molecule has 4 amide bonds. The summed E-state index contributed by atoms with van der Waals surface area (Å²) in [6.07, 6.45) is -2.05. The number of benzene rings is 2. The largest absolute Gasteiger partial charge is 0.416 e. The zero-order valence-corrected chi connectivity index (χ0v) is 25.8. The highest BCUT2D eigenvalue weighted by Crippen LogP contribution is 2.59. The number of imide groups is 2. The van der Waals surface area contributed by atoms with Crippen molar-refractivity contribution in [3.63, 3.8) is 0 Å². The Morgan fingerprint density at radius 2 is 0.792 bits per heavy atom. The molecule has 2 aromatic rings. The molecule has 2 aromatic carbocycles. The van der Waals surface area contributed by atoms with Crippen LogP contribution in [0, 0.1) is 23.7 Å². The maximum absolute atomic E-state index is 12.9. The van der Waals surface area contributed by atoms with Crippen LogP contribution in [0.1, 0.15) is 38.8 Å². The van der Waals surface area contributed by atoms with Gasteiger partial charge in [-0.3, -0.25) is 19.2 Å². The lowest BCUT2D eigenvalue weighted by atomic mass is 9.73. The maximum atomic E-state index is 12.9. The fourth-order valence-corrected chi connectivity index (χ4v) is 8.21. The van der Waals surface area contributed by atoms with E-state index in [1.54, 1.807) is 52.0 Å². The number of anilines is 2. The van der Waals surface area contributed by atoms with Crippen molar-refractivity contribution in [1.29, 1.82) is 0 Å². The van der Waals surface area contributed by atoms with Crippen LogP contribution in [-0.2, 0) is 41.0 Å². The molecule has 4 unspecified atom stereocenters. The monoisotopic (exact) mass is 674 g/mol. The number of amides is 4. The molecule has 0 N–H and O–H groups in total. The van der Waals surface area contributed by atoms with Gasteiger partial charge < -0.3 is 9.47 Å². The highest BCUT2D eigenvalue weighted by molar-refractivity contribution is 6.24. The second-order valence-corrected chi connectivity index (χ2v) is 13.6. The van der Waals surface area contributed by atoms with Crippen LogP contribution in [0.4, 0.5) is 37.7 Å². The van der Waals surface area contributed by atoms with Crippen LogP contribution in [0.15, 0.2) is 72.8 Å². The Morgan fingerprint density at radius 1 is 0.521 bits per heavy atom. The van der Waals surface area contributed by atoms with Crippen LogP contribution in [0.3, 0.4) is 0 Å². The van der Waals surface area contributed by atoms with E-state index in [2.05, 4.69) is 0 Å². The van der Waals surface area contributed by atoms with E-state index in [-0.39, 0.29) is 11.4 Å². The molecule has 8 rings (SSSR count). The van der Waals surface area contributed by atoms with Crippen molar-refractivity contribution in [2.45, 2.75) is 62.5 Å². The maximum Gasteiger partial charge on any atom is 0.416 e. The van der Waals surface area contributed by atoms with E-state index in [4.69, 9.17) is 9.47 Å². The fraction of sp³-hybridized carbons (Fsp3) is 0.412. The third kappa shape index (κ3) is 4.37. The zero-order chi connectivity index (χ0) is 35.0. The predicted molar refractivity (Wildman–Crippen MR) is 156 cm³/mol. The molecule has 252 valence electrons. The van der Waals surface area contributed by atoms with Gasteiger partial charge in [0.2, 0.25) is 23.6 Å². The summed E-state index contributed by atoms with van der Waals surface area (Å²) in [5.74, 6) is -4.91. The van der Waals surface area contributed by atoms with Gasteiger partial charge in [-0.05, 0) is 64.1 Å². The number of ether oxygens (including phenoxy) is 2. The van der Waals surface area contributed by atoms with Gasteiger partial charge in [-0.15, -0.1) is 0 Å². The van der Waals surface area contributed by atoms with Crippen molar-refractivity contribution in [3.8, 4) is 0 Å². The minimum Gasteiger partial charge on any atom is -0.359 e. The number of fused-ring (bicyclic) bond motifs is 10. The SMILES string of the molecule is CC12C=CC(C)(O1)[C@H]1C(=O)N(c3cccc(C(F)(F)F)c3)C(=O)[C@H]12.CC12C=CC(C)(O1)[C@H]1C(=O)N(c3cccc(C(F)(F)F)c3)C(=O)[C@H]12. The summed E-state index contributed by atoms with van der Waals surface area (Å²) in [4.78, 5) is 53.0. The number of alkyl halides is 6. The van der Waals surface area contributed by atoms with Crippen LogP contribution in [0.2, 0.25) is 0 Å². The first-order valence-electron chi connectivity index (χ1n) is 15.0. The first-order chi connectivity index (χ1) is 22.1. The number of carbonyl (C=O) groups is 4. The van der Waals surface area contributed by atoms with Crippen molar-refractivity contribution < 1.29 is 55.0 Å². The lowest BCUT2D eigenvalue weighted by Crippen LogP contribution is -2.39. The Bertz CT molecular complexity index is 1670. The summed E-state index contributed by atoms with van der Waals surface area (Å²) in [6, 6.07) is 8.55. The summed E-state index contributed by atoms with van der Waals surface area (Å²) in [6.45, 7) is 6.89. The Hall–Kier alpha value is -4.30. The lowest BCUT2D eigenvalue weighted by Gasteiger charge is -2.25. The van der Waals surface area contributed by atoms with Crippen molar-refractivity contribution in [2.24, 2.45) is 23.7 Å². The van der Waals surface area contributed by atoms with E-state index in [1.807, 2.05) is 0 Å². The molecule has 4 bridgehead atoms. The molecule has 6 heterocycles. The number of hydrogen-bond acceptors (Lipinski definition) is 6. The quantitative estimate of drug-likeness (QED) is 0.225. The average molecular weight is 675 g/mol. The number of rotatable bonds is 2. The summed E-state index contributed by atoms with van der Waals surface area (Å²) in [5.41, 5.74) is -5.50. The lowest BCUT2D eigenvalue weighted by molar-refractivity contribution is -0.138. The van der Waals surface area contributed by atoms with Gasteiger partial charge in [0, 0.05) is 0 Å². The molecule has 0 saturated carbocycles. The third-order valence-corrected chi connectivity index (χ3v) is 10.3. The molecule has 8 atom stereocenters. The van der Waals surface area contributed by atoms with Crippen LogP contribution >= 0.6 is 0 Å². The third-order valence-electron chi connectivity index (χ3n) is 10.3. The Morgan fingerprint density at radius 3 is 1.04 bits per heavy atom. The van der Waals surface area contributed by atoms with Gasteiger partial charge in [0.1, 0.15) is 0 Å². The zero-order valence-electron chi connectivity index (χ0n) is 25.8. The van der Waals surface area contributed by atoms with Gasteiger partial charge in [-0.2, -0.15) is 26.3 Å². The minimum atomic E-state index is -4.54. The molecule has 4 fully saturated rings. The second-order valence-electron chi connectivity index (χ2n) is 13.6. The summed E-state index contributed by atoms with van der Waals surface area (Å²) in [5, 5.41) is 0. The Balaban J connectivity index is 0.000000152. The molecule has 0 aromatic heterocycles. The van der Waals surface area contributed by atoms with Gasteiger partial charge in [0.15, 0.2) is 0 Å². The van der Waals surface area contributed by atoms with Gasteiger partial charge in [-0.25, -0.2) is 9.80 Å². The molecular formula is C34H28F6N2O6. The van der Waals surface area contributed by atoms with Crippen LogP contribution in [0.25, 0.3) is 0 Å². The normalized spacial score (nSPS) is 37.5. The molecular weight excluding hydrogens is 646 g/mol. The standard InChI is InChI=1S/2C17H14F3NO3/c2*1-15-6-7-16(2,24-15)12-11(15)13(22)21(14(12)23)10-5-3-4-9(8-10)17(18,19)20/h2*3-8,11-12H,1-2H3/t2*11-,12+,15?,16?. The average Bonchev–Trinajstić information content (AvgIpc) is 3.76. The number of carbonyl (C=O) groups excluding carboxylic acids is 4. The molecule has 0 spiro atoms. The predicted octanol–water partition coefficient (Wildman–Crippen LogP) is 5.86. The molecule has 6 aliphatic heterocycles. The molecule has 8 nitrogen and oxygen atoms in total. The van der Waals surface area contributed by atoms with Crippen molar-refractivity contribution >= 4 is 35.0 Å². The van der Waals surface area contributed by atoms with E-state index in [0.29, 0.717) is 0 Å². The van der Waals surface area contributed by atoms with Crippen molar-refractivity contribution in [3.05, 3.63) is 84.0 Å². The van der Waals surface area contributed by atoms with E-state index in [1.165, 1.54) is 24.3 Å². The number of halogens is 6. The van der Waals surface area contributed by atoms with Gasteiger partial charge in [0.05, 0.1) is 68.6 Å². The molecule has 4 saturated heterocycles. The second kappa shape index (κ2) is 9.65. The van der Waals surface area contributed by atoms with E-state index < -0.39 is 93.2 Å². The van der Waals surface area contributed by atoms with Crippen LogP contribution in [0.5, 0.6) is 0 Å². The molecule has 48 heavy (non-hydrogen) atoms. The van der Waals surface area contributed by atoms with Crippen molar-refractivity contribution in [1.82, 2.24) is 0 Å². The number of nitrogens with zero attached hydrogens (tertiary/aromatic N) is 2. The molecule has 14 heteroatoms. The van der Waals surface area contributed by atoms with Crippen LogP contribution < -0.4 is 9.80 Å². The summed E-state index contributed by atoms with van der Waals surface area (Å²) in [7, 11) is 0. The first kappa shape index (κ1) is 32.3. The highest BCUT2D eigenvalue weighted by atomic mass is 19.4. The summed E-state index contributed by atoms with van der Waals surface area (Å²) < 4.78 is 89.2. The molecule has 0 aliphatic carbocycles. The molecule has 0 radical (unpaired) electrons. The van der Waals surface area contributed by atoms with Crippen LogP contribution in [-0.4, -0.2) is 46.0 Å². The first-order valence-corrected chi connectivity index (χ1v) is 15.0. The topological polar surface area (TPSA) is 93.2 Å². The van der Waals surface area contributed by atoms with E-state index >= 15 is 0 Å². The highest BCUT2D eigenvalue weighted by Gasteiger charge is 2.72. The molecule has 6 aliphatic rings. The van der Waals surface area contributed by atoms with Gasteiger partial charge in [-0.1, -0.05) is 36.4 Å². The Labute approximate surface area is 269 Å². The Kier molecular flexibility index (Phi) is 6.49. The van der Waals surface area contributed by atoms with Gasteiger partial charge in [0.25, 0.3) is 0 Å². The van der Waals surface area contributed by atoms with E-state index in [9.17, 15) is 45.5 Å². The number of hydrogen-bond donors (Lipinski definition) is 0. The fourth-order valence-electron chi connectivity index (χ4n) is 8.21. The minimum absolute atomic E-state index is 0.0548. The van der Waals surface area contributed by atoms with Gasteiger partial charge >= 0.3 is 12.4 Å². The summed E-state index contributed by atoms with van der Waals surface area (Å²) >= 11 is 0.